The van der Waals surface area contributed by atoms with Crippen LogP contribution in [0.4, 0.5) is 0 Å². The Bertz CT molecular complexity index is 411. The van der Waals surface area contributed by atoms with Crippen molar-refractivity contribution in [1.82, 2.24) is 10.6 Å². The Morgan fingerprint density at radius 2 is 2.00 bits per heavy atom. The highest BCUT2D eigenvalue weighted by Gasteiger charge is 1.92. The van der Waals surface area contributed by atoms with Crippen LogP contribution in [0.3, 0.4) is 0 Å². The molecule has 4 nitrogen and oxygen atoms in total. The number of nitrogens with one attached hydrogen (secondary N) is 3. The van der Waals surface area contributed by atoms with Crippen LogP contribution in [-0.4, -0.2) is 26.5 Å². The zero-order chi connectivity index (χ0) is 16.6. The average molecular weight is 302 g/mol. The van der Waals surface area contributed by atoms with Gasteiger partial charge in [0.25, 0.3) is 0 Å². The smallest absolute Gasteiger partial charge is 0.232 e. The molecule has 0 unspecified atom stereocenters. The third-order valence-corrected chi connectivity index (χ3v) is 2.97. The number of guanidine groups is 1. The zero-order valence-electron chi connectivity index (χ0n) is 14.1. The standard InChI is InChI=1S/C17H31BN4/c1-4-10-16(18-20)13-9-12-15(3)11-7-6-8-14-22-17(19)21-5-2/h7,9-11,13,18H,3-6,8,12,14,20H2,1-2H3,(H3,19,21,22)/b11-7+,13-9-,16-10+. The van der Waals surface area contributed by atoms with Gasteiger partial charge in [-0.3, -0.25) is 5.41 Å². The molecule has 5 N–H and O–H groups in total. The molecule has 22 heavy (non-hydrogen) atoms. The van der Waals surface area contributed by atoms with Gasteiger partial charge < -0.3 is 16.3 Å². The maximum absolute atomic E-state index is 7.52. The van der Waals surface area contributed by atoms with Gasteiger partial charge in [-0.25, -0.2) is 0 Å². The molecule has 0 atom stereocenters. The van der Waals surface area contributed by atoms with Gasteiger partial charge in [-0.1, -0.05) is 54.9 Å². The van der Waals surface area contributed by atoms with Crippen molar-refractivity contribution in [2.45, 2.75) is 39.5 Å². The molecule has 0 aromatic heterocycles. The first-order valence-corrected chi connectivity index (χ1v) is 8.10. The van der Waals surface area contributed by atoms with Crippen LogP contribution < -0.4 is 16.3 Å². The Labute approximate surface area is 136 Å². The highest BCUT2D eigenvalue weighted by Crippen LogP contribution is 2.05. The molecule has 0 aliphatic rings. The van der Waals surface area contributed by atoms with E-state index in [4.69, 9.17) is 11.1 Å². The van der Waals surface area contributed by atoms with Gasteiger partial charge >= 0.3 is 0 Å². The molecule has 0 spiro atoms. The summed E-state index contributed by atoms with van der Waals surface area (Å²) in [5, 5.41) is 13.5. The van der Waals surface area contributed by atoms with Crippen molar-refractivity contribution in [3.8, 4) is 0 Å². The quantitative estimate of drug-likeness (QED) is 0.156. The molecule has 0 fully saturated rings. The minimum atomic E-state index is 0.400. The molecule has 0 radical (unpaired) electrons. The molecule has 0 bridgehead atoms. The lowest BCUT2D eigenvalue weighted by Crippen LogP contribution is -2.36. The van der Waals surface area contributed by atoms with E-state index in [1.54, 1.807) is 0 Å². The van der Waals surface area contributed by atoms with Gasteiger partial charge in [0.2, 0.25) is 7.41 Å². The maximum atomic E-state index is 7.52. The molecule has 122 valence electrons. The van der Waals surface area contributed by atoms with Gasteiger partial charge in [0.05, 0.1) is 0 Å². The molecule has 0 saturated carbocycles. The molecule has 5 heteroatoms. The molecule has 0 aliphatic carbocycles. The monoisotopic (exact) mass is 302 g/mol. The van der Waals surface area contributed by atoms with Crippen molar-refractivity contribution in [3.63, 3.8) is 0 Å². The van der Waals surface area contributed by atoms with Crippen molar-refractivity contribution >= 4 is 13.4 Å². The van der Waals surface area contributed by atoms with Crippen LogP contribution in [0.1, 0.15) is 39.5 Å². The van der Waals surface area contributed by atoms with Crippen molar-refractivity contribution in [2.24, 2.45) is 5.64 Å². The van der Waals surface area contributed by atoms with E-state index in [-0.39, 0.29) is 0 Å². The SMILES string of the molecule is C=C(/C=C/CCCNC(=N)NCC)C/C=C\C(BN)=C/CC. The van der Waals surface area contributed by atoms with E-state index in [0.717, 1.165) is 44.3 Å². The summed E-state index contributed by atoms with van der Waals surface area (Å²) in [6.07, 6.45) is 14.4. The van der Waals surface area contributed by atoms with E-state index in [1.807, 2.05) is 6.92 Å². The molecule has 0 heterocycles. The second kappa shape index (κ2) is 14.2. The number of allylic oxidation sites excluding steroid dienone is 7. The fourth-order valence-corrected chi connectivity index (χ4v) is 1.83. The van der Waals surface area contributed by atoms with E-state index in [2.05, 4.69) is 54.5 Å². The zero-order valence-corrected chi connectivity index (χ0v) is 14.1. The van der Waals surface area contributed by atoms with E-state index >= 15 is 0 Å². The van der Waals surface area contributed by atoms with Crippen molar-refractivity contribution in [1.29, 1.82) is 5.41 Å². The number of hydrogen-bond acceptors (Lipinski definition) is 2. The molecule has 0 aromatic carbocycles. The van der Waals surface area contributed by atoms with E-state index < -0.39 is 0 Å². The molecule has 0 saturated heterocycles. The van der Waals surface area contributed by atoms with Crippen LogP contribution in [0, 0.1) is 5.41 Å². The van der Waals surface area contributed by atoms with Gasteiger partial charge in [-0.05, 0) is 32.6 Å². The Morgan fingerprint density at radius 1 is 1.23 bits per heavy atom. The normalized spacial score (nSPS) is 11.9. The largest absolute Gasteiger partial charge is 0.369 e. The highest BCUT2D eigenvalue weighted by atomic mass is 15.1. The molecular weight excluding hydrogens is 271 g/mol. The summed E-state index contributed by atoms with van der Waals surface area (Å²) in [4.78, 5) is 0. The van der Waals surface area contributed by atoms with Gasteiger partial charge in [-0.15, -0.1) is 0 Å². The molecule has 0 amide bonds. The van der Waals surface area contributed by atoms with Crippen LogP contribution in [0.25, 0.3) is 0 Å². The first kappa shape index (κ1) is 20.3. The van der Waals surface area contributed by atoms with Gasteiger partial charge in [-0.2, -0.15) is 0 Å². The fraction of sp³-hybridized carbons (Fsp3) is 0.471. The number of nitrogens with two attached hydrogens (primary N) is 1. The minimum Gasteiger partial charge on any atom is -0.369 e. The van der Waals surface area contributed by atoms with Gasteiger partial charge in [0.15, 0.2) is 5.96 Å². The van der Waals surface area contributed by atoms with Crippen molar-refractivity contribution in [3.05, 3.63) is 48.0 Å². The molecule has 0 rings (SSSR count). The van der Waals surface area contributed by atoms with Gasteiger partial charge in [0.1, 0.15) is 0 Å². The van der Waals surface area contributed by atoms with Crippen LogP contribution in [-0.2, 0) is 0 Å². The summed E-state index contributed by atoms with van der Waals surface area (Å²) >= 11 is 0. The second-order valence-corrected chi connectivity index (χ2v) is 5.03. The van der Waals surface area contributed by atoms with E-state index in [1.165, 1.54) is 5.47 Å². The van der Waals surface area contributed by atoms with Crippen LogP contribution in [0.2, 0.25) is 0 Å². The summed E-state index contributed by atoms with van der Waals surface area (Å²) in [6, 6.07) is 0. The summed E-state index contributed by atoms with van der Waals surface area (Å²) < 4.78 is 0. The van der Waals surface area contributed by atoms with Crippen LogP contribution in [0.15, 0.2) is 48.0 Å². The third kappa shape index (κ3) is 12.0. The Balaban J connectivity index is 3.81. The topological polar surface area (TPSA) is 73.9 Å². The lowest BCUT2D eigenvalue weighted by atomic mass is 9.83. The van der Waals surface area contributed by atoms with Crippen molar-refractivity contribution < 1.29 is 0 Å². The number of unbranched alkanes of at least 4 members (excludes halogenated alkanes) is 1. The molecule has 0 aliphatic heterocycles. The molecular formula is C17H31BN4. The maximum Gasteiger partial charge on any atom is 0.232 e. The summed E-state index contributed by atoms with van der Waals surface area (Å²) in [5.74, 6) is 0.400. The fourth-order valence-electron chi connectivity index (χ4n) is 1.83. The summed E-state index contributed by atoms with van der Waals surface area (Å²) in [5.41, 5.74) is 7.93. The average Bonchev–Trinajstić information content (AvgIpc) is 2.50. The Morgan fingerprint density at radius 3 is 2.64 bits per heavy atom. The first-order valence-electron chi connectivity index (χ1n) is 8.10. The Hall–Kier alpha value is -1.75. The third-order valence-electron chi connectivity index (χ3n) is 2.97. The summed E-state index contributed by atoms with van der Waals surface area (Å²) in [7, 11) is 0.585. The predicted octanol–water partition coefficient (Wildman–Crippen LogP) is 2.56. The van der Waals surface area contributed by atoms with E-state index in [0.29, 0.717) is 13.4 Å². The van der Waals surface area contributed by atoms with Crippen molar-refractivity contribution in [2.75, 3.05) is 13.1 Å². The van der Waals surface area contributed by atoms with Crippen LogP contribution in [0.5, 0.6) is 0 Å². The molecule has 0 aromatic rings. The predicted molar refractivity (Wildman–Crippen MR) is 100 cm³/mol. The van der Waals surface area contributed by atoms with Gasteiger partial charge in [0, 0.05) is 13.1 Å². The highest BCUT2D eigenvalue weighted by molar-refractivity contribution is 6.42. The second-order valence-electron chi connectivity index (χ2n) is 5.03. The lowest BCUT2D eigenvalue weighted by Gasteiger charge is -2.07. The lowest BCUT2D eigenvalue weighted by molar-refractivity contribution is 0.756. The van der Waals surface area contributed by atoms with E-state index in [9.17, 15) is 0 Å². The minimum absolute atomic E-state index is 0.400. The van der Waals surface area contributed by atoms with Crippen LogP contribution >= 0.6 is 0 Å². The summed E-state index contributed by atoms with van der Waals surface area (Å²) in [6.45, 7) is 9.72. The number of rotatable bonds is 11. The number of hydrogen-bond donors (Lipinski definition) is 4. The Kier molecular flexibility index (Phi) is 13.1. The first-order chi connectivity index (χ1) is 10.6.